The number of ether oxygens (including phenoxy) is 1. The Hall–Kier alpha value is -1.89. The quantitative estimate of drug-likeness (QED) is 0.808. The maximum absolute atomic E-state index is 12.6. The van der Waals surface area contributed by atoms with Crippen LogP contribution < -0.4 is 0 Å². The van der Waals surface area contributed by atoms with Crippen molar-refractivity contribution >= 4 is 17.8 Å². The van der Waals surface area contributed by atoms with E-state index in [0.29, 0.717) is 21.9 Å². The lowest BCUT2D eigenvalue weighted by molar-refractivity contribution is -0.137. The highest BCUT2D eigenvalue weighted by molar-refractivity contribution is 7.15. The van der Waals surface area contributed by atoms with Crippen LogP contribution in [0.2, 0.25) is 0 Å². The molecule has 19 heavy (non-hydrogen) atoms. The maximum Gasteiger partial charge on any atom is 0.416 e. The number of alkyl halides is 3. The van der Waals surface area contributed by atoms with Gasteiger partial charge in [0, 0.05) is 11.8 Å². The van der Waals surface area contributed by atoms with Gasteiger partial charge in [0.25, 0.3) is 6.47 Å². The second-order valence-corrected chi connectivity index (χ2v) is 4.73. The van der Waals surface area contributed by atoms with E-state index in [-0.39, 0.29) is 6.61 Å². The van der Waals surface area contributed by atoms with Crippen LogP contribution in [0.25, 0.3) is 10.6 Å². The van der Waals surface area contributed by atoms with Gasteiger partial charge in [-0.15, -0.1) is 11.3 Å². The molecule has 2 aromatic rings. The minimum atomic E-state index is -4.38. The molecule has 0 aliphatic rings. The van der Waals surface area contributed by atoms with Crippen molar-refractivity contribution in [1.82, 2.24) is 4.98 Å². The minimum Gasteiger partial charge on any atom is -0.462 e. The molecule has 0 saturated heterocycles. The molecule has 7 heteroatoms. The summed E-state index contributed by atoms with van der Waals surface area (Å²) in [6.07, 6.45) is -2.90. The van der Waals surface area contributed by atoms with Crippen molar-refractivity contribution < 1.29 is 22.7 Å². The number of nitrogens with zero attached hydrogens (tertiary/aromatic N) is 1. The number of halogens is 3. The third-order valence-corrected chi connectivity index (χ3v) is 3.30. The first-order valence-electron chi connectivity index (χ1n) is 5.18. The molecule has 0 saturated carbocycles. The molecule has 0 bridgehead atoms. The predicted molar refractivity (Wildman–Crippen MR) is 63.4 cm³/mol. The number of hydrogen-bond donors (Lipinski definition) is 0. The van der Waals surface area contributed by atoms with E-state index in [4.69, 9.17) is 0 Å². The molecular weight excluding hydrogens is 279 g/mol. The molecule has 0 atom stereocenters. The molecule has 0 aliphatic heterocycles. The number of carbonyl (C=O) groups excluding carboxylic acids is 1. The first-order chi connectivity index (χ1) is 9.00. The zero-order valence-corrected chi connectivity index (χ0v) is 10.3. The first-order valence-corrected chi connectivity index (χ1v) is 6.00. The Morgan fingerprint density at radius 1 is 1.37 bits per heavy atom. The van der Waals surface area contributed by atoms with Crippen LogP contribution in [-0.2, 0) is 22.3 Å². The molecule has 3 nitrogen and oxygen atoms in total. The van der Waals surface area contributed by atoms with Crippen LogP contribution in [0.1, 0.15) is 10.4 Å². The highest BCUT2D eigenvalue weighted by atomic mass is 32.1. The van der Waals surface area contributed by atoms with Crippen LogP contribution in [-0.4, -0.2) is 11.5 Å². The Morgan fingerprint density at radius 2 is 2.16 bits per heavy atom. The van der Waals surface area contributed by atoms with E-state index in [0.717, 1.165) is 12.1 Å². The number of benzene rings is 1. The molecular formula is C12H8F3NO2S. The molecule has 0 aliphatic carbocycles. The van der Waals surface area contributed by atoms with Crippen LogP contribution in [0, 0.1) is 0 Å². The lowest BCUT2D eigenvalue weighted by Gasteiger charge is -2.07. The summed E-state index contributed by atoms with van der Waals surface area (Å²) >= 11 is 1.18. The predicted octanol–water partition coefficient (Wildman–Crippen LogP) is 3.50. The van der Waals surface area contributed by atoms with Crippen LogP contribution >= 0.6 is 11.3 Å². The van der Waals surface area contributed by atoms with Gasteiger partial charge in [-0.25, -0.2) is 4.98 Å². The monoisotopic (exact) mass is 287 g/mol. The molecule has 0 amide bonds. The van der Waals surface area contributed by atoms with E-state index in [1.807, 2.05) is 0 Å². The van der Waals surface area contributed by atoms with E-state index in [9.17, 15) is 18.0 Å². The van der Waals surface area contributed by atoms with Crippen molar-refractivity contribution in [2.75, 3.05) is 0 Å². The van der Waals surface area contributed by atoms with Gasteiger partial charge in [-0.05, 0) is 12.1 Å². The fraction of sp³-hybridized carbons (Fsp3) is 0.167. The largest absolute Gasteiger partial charge is 0.462 e. The fourth-order valence-electron chi connectivity index (χ4n) is 1.45. The van der Waals surface area contributed by atoms with Gasteiger partial charge in [0.1, 0.15) is 11.6 Å². The zero-order chi connectivity index (χ0) is 13.9. The van der Waals surface area contributed by atoms with E-state index >= 15 is 0 Å². The van der Waals surface area contributed by atoms with Gasteiger partial charge in [-0.1, -0.05) is 12.1 Å². The molecule has 0 radical (unpaired) electrons. The number of hydrogen-bond acceptors (Lipinski definition) is 4. The van der Waals surface area contributed by atoms with Gasteiger partial charge in [0.2, 0.25) is 0 Å². The second kappa shape index (κ2) is 5.40. The first kappa shape index (κ1) is 13.5. The Labute approximate surface area is 110 Å². The van der Waals surface area contributed by atoms with Gasteiger partial charge in [0.05, 0.1) is 10.4 Å². The van der Waals surface area contributed by atoms with Gasteiger partial charge in [0.15, 0.2) is 0 Å². The van der Waals surface area contributed by atoms with E-state index in [2.05, 4.69) is 9.72 Å². The fourth-order valence-corrected chi connectivity index (χ4v) is 2.28. The van der Waals surface area contributed by atoms with Crippen molar-refractivity contribution in [2.45, 2.75) is 12.8 Å². The molecule has 1 aromatic heterocycles. The van der Waals surface area contributed by atoms with Crippen LogP contribution in [0.4, 0.5) is 13.2 Å². The Balaban J connectivity index is 2.26. The molecule has 100 valence electrons. The average Bonchev–Trinajstić information content (AvgIpc) is 2.84. The van der Waals surface area contributed by atoms with Crippen molar-refractivity contribution in [3.8, 4) is 10.6 Å². The maximum atomic E-state index is 12.6. The lowest BCUT2D eigenvalue weighted by Crippen LogP contribution is -2.04. The molecule has 0 N–H and O–H groups in total. The summed E-state index contributed by atoms with van der Waals surface area (Å²) in [5, 5.41) is 0.454. The molecule has 1 heterocycles. The van der Waals surface area contributed by atoms with Crippen molar-refractivity contribution in [3.05, 3.63) is 40.9 Å². The Bertz CT molecular complexity index is 580. The SMILES string of the molecule is O=COCc1cnc(-c2cccc(C(F)(F)F)c2)s1. The van der Waals surface area contributed by atoms with Gasteiger partial charge in [-0.3, -0.25) is 4.79 Å². The number of rotatable bonds is 4. The second-order valence-electron chi connectivity index (χ2n) is 3.62. The molecule has 0 spiro atoms. The van der Waals surface area contributed by atoms with Crippen LogP contribution in [0.15, 0.2) is 30.5 Å². The number of thiazole rings is 1. The lowest BCUT2D eigenvalue weighted by atomic mass is 10.1. The third kappa shape index (κ3) is 3.31. The average molecular weight is 287 g/mol. The van der Waals surface area contributed by atoms with Crippen LogP contribution in [0.5, 0.6) is 0 Å². The van der Waals surface area contributed by atoms with Gasteiger partial charge in [-0.2, -0.15) is 13.2 Å². The zero-order valence-electron chi connectivity index (χ0n) is 9.48. The van der Waals surface area contributed by atoms with Crippen molar-refractivity contribution in [2.24, 2.45) is 0 Å². The third-order valence-electron chi connectivity index (χ3n) is 2.28. The summed E-state index contributed by atoms with van der Waals surface area (Å²) in [6, 6.07) is 4.94. The van der Waals surface area contributed by atoms with E-state index in [1.54, 1.807) is 6.07 Å². The van der Waals surface area contributed by atoms with Crippen molar-refractivity contribution in [1.29, 1.82) is 0 Å². The normalized spacial score (nSPS) is 11.3. The van der Waals surface area contributed by atoms with E-state index in [1.165, 1.54) is 23.6 Å². The highest BCUT2D eigenvalue weighted by Crippen LogP contribution is 2.33. The van der Waals surface area contributed by atoms with Crippen LogP contribution in [0.3, 0.4) is 0 Å². The summed E-state index contributed by atoms with van der Waals surface area (Å²) in [6.45, 7) is 0.379. The van der Waals surface area contributed by atoms with Gasteiger partial charge >= 0.3 is 6.18 Å². The summed E-state index contributed by atoms with van der Waals surface area (Å²) in [7, 11) is 0. The molecule has 1 aromatic carbocycles. The summed E-state index contributed by atoms with van der Waals surface area (Å²) in [4.78, 5) is 14.7. The molecule has 0 fully saturated rings. The molecule has 2 rings (SSSR count). The molecule has 0 unspecified atom stereocenters. The topological polar surface area (TPSA) is 39.2 Å². The minimum absolute atomic E-state index is 0.0696. The standard InChI is InChI=1S/C12H8F3NO2S/c13-12(14,15)9-3-1-2-8(4-9)11-16-5-10(19-11)6-18-7-17/h1-5,7H,6H2. The Morgan fingerprint density at radius 3 is 2.84 bits per heavy atom. The van der Waals surface area contributed by atoms with Crippen molar-refractivity contribution in [3.63, 3.8) is 0 Å². The number of aromatic nitrogens is 1. The van der Waals surface area contributed by atoms with E-state index < -0.39 is 11.7 Å². The van der Waals surface area contributed by atoms with Gasteiger partial charge < -0.3 is 4.74 Å². The number of carbonyl (C=O) groups is 1. The summed E-state index contributed by atoms with van der Waals surface area (Å²) in [5.74, 6) is 0. The summed E-state index contributed by atoms with van der Waals surface area (Å²) in [5.41, 5.74) is -0.330. The smallest absolute Gasteiger partial charge is 0.416 e. The highest BCUT2D eigenvalue weighted by Gasteiger charge is 2.30. The summed E-state index contributed by atoms with van der Waals surface area (Å²) < 4.78 is 42.3. The Kier molecular flexibility index (Phi) is 3.84.